The van der Waals surface area contributed by atoms with Crippen molar-refractivity contribution in [2.24, 2.45) is 17.6 Å². The van der Waals surface area contributed by atoms with Crippen LogP contribution in [0, 0.1) is 18.8 Å². The van der Waals surface area contributed by atoms with E-state index in [2.05, 4.69) is 21.9 Å². The summed E-state index contributed by atoms with van der Waals surface area (Å²) >= 11 is 0. The maximum atomic E-state index is 13.6. The lowest BCUT2D eigenvalue weighted by Crippen LogP contribution is -2.45. The quantitative estimate of drug-likeness (QED) is 0.282. The van der Waals surface area contributed by atoms with E-state index in [0.29, 0.717) is 67.9 Å². The number of likely N-dealkylation sites (tertiary alicyclic amines) is 1. The average Bonchev–Trinajstić information content (AvgIpc) is 3.49. The number of imidazole rings is 1. The molecule has 0 radical (unpaired) electrons. The Hall–Kier alpha value is -3.87. The van der Waals surface area contributed by atoms with Crippen LogP contribution in [0.25, 0.3) is 16.9 Å². The van der Waals surface area contributed by atoms with Crippen LogP contribution < -0.4 is 10.6 Å². The zero-order valence-corrected chi connectivity index (χ0v) is 30.4. The molecule has 2 amide bonds. The molecule has 1 aromatic carbocycles. The molecule has 3 aromatic rings. The lowest BCUT2D eigenvalue weighted by molar-refractivity contribution is -0.123. The van der Waals surface area contributed by atoms with E-state index in [1.54, 1.807) is 35.2 Å². The molecule has 1 saturated carbocycles. The number of aryl methyl sites for hydroxylation is 1. The van der Waals surface area contributed by atoms with Gasteiger partial charge in [-0.3, -0.25) is 9.36 Å². The first-order valence-corrected chi connectivity index (χ1v) is 18.1. The van der Waals surface area contributed by atoms with Gasteiger partial charge in [0.1, 0.15) is 11.4 Å². The van der Waals surface area contributed by atoms with Crippen LogP contribution in [0.5, 0.6) is 0 Å². The van der Waals surface area contributed by atoms with Gasteiger partial charge in [0.05, 0.1) is 30.2 Å². The number of aromatic nitrogens is 4. The fraction of sp³-hybridized carbons (Fsp3) is 0.649. The number of hydrogen-bond donors (Lipinski definition) is 1. The van der Waals surface area contributed by atoms with Crippen LogP contribution in [0.2, 0.25) is 0 Å². The second kappa shape index (κ2) is 18.4. The molecule has 2 saturated heterocycles. The molecule has 13 heteroatoms. The molecule has 2 aliphatic heterocycles. The number of alkyl halides is 2. The molecule has 0 spiro atoms. The first-order valence-electron chi connectivity index (χ1n) is 18.1. The van der Waals surface area contributed by atoms with E-state index in [-0.39, 0.29) is 23.7 Å². The number of halogens is 2. The number of carbonyl (C=O) groups is 2. The molecule has 50 heavy (non-hydrogen) atoms. The molecule has 1 aliphatic carbocycles. The number of benzene rings is 1. The van der Waals surface area contributed by atoms with Crippen molar-refractivity contribution >= 4 is 29.0 Å². The summed E-state index contributed by atoms with van der Waals surface area (Å²) in [6.07, 6.45) is 8.93. The van der Waals surface area contributed by atoms with Crippen LogP contribution in [0.15, 0.2) is 30.3 Å². The van der Waals surface area contributed by atoms with Crippen LogP contribution in [0.4, 0.5) is 19.5 Å². The summed E-state index contributed by atoms with van der Waals surface area (Å²) in [5.74, 6) is 1.14. The maximum absolute atomic E-state index is 13.6. The molecule has 0 bridgehead atoms. The Morgan fingerprint density at radius 2 is 1.70 bits per heavy atom. The second-order valence-electron chi connectivity index (χ2n) is 14.3. The van der Waals surface area contributed by atoms with Crippen molar-refractivity contribution in [2.45, 2.75) is 104 Å². The summed E-state index contributed by atoms with van der Waals surface area (Å²) in [5, 5.41) is 0. The number of anilines is 1. The van der Waals surface area contributed by atoms with Gasteiger partial charge in [-0.2, -0.15) is 4.98 Å². The molecule has 2 N–H and O–H groups in total. The zero-order valence-electron chi connectivity index (χ0n) is 30.4. The van der Waals surface area contributed by atoms with Gasteiger partial charge in [-0.05, 0) is 58.6 Å². The molecule has 3 fully saturated rings. The van der Waals surface area contributed by atoms with Gasteiger partial charge in [-0.15, -0.1) is 0 Å². The Bertz CT molecular complexity index is 1530. The first kappa shape index (κ1) is 38.9. The summed E-state index contributed by atoms with van der Waals surface area (Å²) in [6.45, 7) is 13.2. The van der Waals surface area contributed by atoms with Crippen LogP contribution in [-0.4, -0.2) is 81.4 Å². The monoisotopic (exact) mass is 699 g/mol. The summed E-state index contributed by atoms with van der Waals surface area (Å²) < 4.78 is 39.1. The SMILES string of the molecule is CC(C)(C)OC(=O)N1CCCC(C(N)=O)C1.CCCC1CCCCC1.Cc1cc(-n2c(C(F)F)nc3ccccc32)nc(N2CCOCC2)n1. The number of nitrogens with zero attached hydrogens (tertiary/aromatic N) is 6. The molecule has 2 aromatic heterocycles. The first-order chi connectivity index (χ1) is 23.9. The molecule has 4 heterocycles. The standard InChI is InChI=1S/C17H17F2N5O.C11H20N2O3.C9H18/c1-11-10-14(22-17(20-11)23-6-8-25-9-7-23)24-13-5-3-2-4-12(13)21-16(24)15(18)19;1-11(2,3)16-10(15)13-6-4-5-8(7-13)9(12)14;1-2-6-9-7-4-3-5-8-9/h2-5,10,15H,6-9H2,1H3;8H,4-7H2,1-3H3,(H2,12,14);9H,2-8H2,1H3. The molecule has 1 atom stereocenters. The maximum Gasteiger partial charge on any atom is 0.410 e. The Morgan fingerprint density at radius 1 is 1.00 bits per heavy atom. The zero-order chi connectivity index (χ0) is 36.3. The van der Waals surface area contributed by atoms with E-state index in [1.807, 2.05) is 32.6 Å². The van der Waals surface area contributed by atoms with Gasteiger partial charge < -0.3 is 25.0 Å². The fourth-order valence-corrected chi connectivity index (χ4v) is 6.57. The third-order valence-electron chi connectivity index (χ3n) is 9.03. The van der Waals surface area contributed by atoms with Crippen molar-refractivity contribution < 1.29 is 27.8 Å². The minimum atomic E-state index is -2.70. The van der Waals surface area contributed by atoms with Gasteiger partial charge in [0, 0.05) is 37.9 Å². The minimum Gasteiger partial charge on any atom is -0.444 e. The smallest absolute Gasteiger partial charge is 0.410 e. The number of ether oxygens (including phenoxy) is 2. The minimum absolute atomic E-state index is 0.235. The van der Waals surface area contributed by atoms with Crippen LogP contribution in [0.3, 0.4) is 0 Å². The molecular formula is C37H55F2N7O4. The molecular weight excluding hydrogens is 644 g/mol. The van der Waals surface area contributed by atoms with E-state index >= 15 is 0 Å². The normalized spacial score (nSPS) is 18.6. The molecule has 11 nitrogen and oxygen atoms in total. The van der Waals surface area contributed by atoms with Crippen molar-refractivity contribution in [3.8, 4) is 5.82 Å². The molecule has 6 rings (SSSR count). The van der Waals surface area contributed by atoms with Crippen molar-refractivity contribution in [1.29, 1.82) is 0 Å². The van der Waals surface area contributed by atoms with Gasteiger partial charge in [0.25, 0.3) is 6.43 Å². The van der Waals surface area contributed by atoms with Gasteiger partial charge in [0.15, 0.2) is 5.82 Å². The summed E-state index contributed by atoms with van der Waals surface area (Å²) in [7, 11) is 0. The number of carbonyl (C=O) groups excluding carboxylic acids is 2. The van der Waals surface area contributed by atoms with E-state index in [0.717, 1.165) is 18.8 Å². The predicted octanol–water partition coefficient (Wildman–Crippen LogP) is 7.38. The molecule has 3 aliphatic rings. The second-order valence-corrected chi connectivity index (χ2v) is 14.3. The van der Waals surface area contributed by atoms with Crippen LogP contribution >= 0.6 is 0 Å². The van der Waals surface area contributed by atoms with Gasteiger partial charge in [-0.25, -0.2) is 23.5 Å². The van der Waals surface area contributed by atoms with Crippen molar-refractivity contribution in [3.63, 3.8) is 0 Å². The number of morpholine rings is 1. The predicted molar refractivity (Wildman–Crippen MR) is 191 cm³/mol. The summed E-state index contributed by atoms with van der Waals surface area (Å²) in [4.78, 5) is 39.4. The highest BCUT2D eigenvalue weighted by Crippen LogP contribution is 2.29. The van der Waals surface area contributed by atoms with Gasteiger partial charge >= 0.3 is 6.09 Å². The summed E-state index contributed by atoms with van der Waals surface area (Å²) in [5.41, 5.74) is 6.56. The number of primary amides is 1. The third kappa shape index (κ3) is 11.3. The van der Waals surface area contributed by atoms with Gasteiger partial charge in [-0.1, -0.05) is 64.0 Å². The topological polar surface area (TPSA) is 129 Å². The number of piperidine rings is 1. The Labute approximate surface area is 294 Å². The van der Waals surface area contributed by atoms with E-state index in [1.165, 1.54) is 49.5 Å². The average molecular weight is 700 g/mol. The largest absolute Gasteiger partial charge is 0.444 e. The van der Waals surface area contributed by atoms with Crippen molar-refractivity contribution in [3.05, 3.63) is 41.9 Å². The summed E-state index contributed by atoms with van der Waals surface area (Å²) in [6, 6.07) is 8.75. The lowest BCUT2D eigenvalue weighted by Gasteiger charge is -2.32. The van der Waals surface area contributed by atoms with Crippen molar-refractivity contribution in [1.82, 2.24) is 24.4 Å². The number of hydrogen-bond acceptors (Lipinski definition) is 8. The highest BCUT2D eigenvalue weighted by Gasteiger charge is 2.30. The van der Waals surface area contributed by atoms with Gasteiger partial charge in [0.2, 0.25) is 11.9 Å². The Morgan fingerprint density at radius 3 is 2.34 bits per heavy atom. The van der Waals surface area contributed by atoms with Crippen LogP contribution in [-0.2, 0) is 14.3 Å². The van der Waals surface area contributed by atoms with E-state index < -0.39 is 12.0 Å². The van der Waals surface area contributed by atoms with E-state index in [4.69, 9.17) is 15.2 Å². The number of amides is 2. The number of nitrogens with two attached hydrogens (primary N) is 1. The third-order valence-corrected chi connectivity index (χ3v) is 9.03. The van der Waals surface area contributed by atoms with Crippen LogP contribution in [0.1, 0.15) is 103 Å². The van der Waals surface area contributed by atoms with Crippen molar-refractivity contribution in [2.75, 3.05) is 44.3 Å². The fourth-order valence-electron chi connectivity index (χ4n) is 6.57. The highest BCUT2D eigenvalue weighted by molar-refractivity contribution is 5.78. The molecule has 1 unspecified atom stereocenters. The number of para-hydroxylation sites is 2. The Kier molecular flexibility index (Phi) is 14.3. The Balaban J connectivity index is 0.000000192. The lowest BCUT2D eigenvalue weighted by atomic mass is 9.86. The van der Waals surface area contributed by atoms with E-state index in [9.17, 15) is 18.4 Å². The number of rotatable bonds is 6. The molecule has 276 valence electrons. The highest BCUT2D eigenvalue weighted by atomic mass is 19.3. The number of fused-ring (bicyclic) bond motifs is 1.